The Morgan fingerprint density at radius 1 is 1.30 bits per heavy atom. The first-order valence-corrected chi connectivity index (χ1v) is 9.28. The van der Waals surface area contributed by atoms with Crippen molar-refractivity contribution in [2.75, 3.05) is 24.6 Å². The average molecular weight is 372 g/mol. The highest BCUT2D eigenvalue weighted by Crippen LogP contribution is 2.23. The number of rotatable bonds is 5. The molecule has 2 heterocycles. The van der Waals surface area contributed by atoms with Crippen molar-refractivity contribution in [2.45, 2.75) is 32.7 Å². The molecule has 0 aliphatic carbocycles. The zero-order valence-corrected chi connectivity index (χ0v) is 15.7. The SMILES string of the molecule is CC(C)COC(=O)NC1CCN(c2cncc(-c3ccccc3F)n2)CC1. The van der Waals surface area contributed by atoms with Crippen molar-refractivity contribution in [3.05, 3.63) is 42.5 Å². The molecule has 0 radical (unpaired) electrons. The maximum Gasteiger partial charge on any atom is 0.407 e. The molecule has 0 spiro atoms. The minimum atomic E-state index is -0.358. The standard InChI is InChI=1S/C20H25FN4O2/c1-14(2)13-27-20(26)23-15-7-9-25(10-8-15)19-12-22-11-18(24-19)16-5-3-4-6-17(16)21/h3-6,11-12,14-15H,7-10,13H2,1-2H3,(H,23,26). The first-order valence-electron chi connectivity index (χ1n) is 9.28. The molecule has 3 rings (SSSR count). The van der Waals surface area contributed by atoms with Gasteiger partial charge in [-0.3, -0.25) is 4.98 Å². The van der Waals surface area contributed by atoms with Gasteiger partial charge in [-0.25, -0.2) is 14.2 Å². The van der Waals surface area contributed by atoms with Crippen molar-refractivity contribution in [2.24, 2.45) is 5.92 Å². The Hall–Kier alpha value is -2.70. The number of amides is 1. The van der Waals surface area contributed by atoms with E-state index in [4.69, 9.17) is 4.74 Å². The van der Waals surface area contributed by atoms with Crippen LogP contribution in [0.15, 0.2) is 36.7 Å². The number of benzene rings is 1. The summed E-state index contributed by atoms with van der Waals surface area (Å²) in [5.41, 5.74) is 0.958. The molecule has 7 heteroatoms. The third kappa shape index (κ3) is 5.15. The van der Waals surface area contributed by atoms with E-state index in [1.807, 2.05) is 13.8 Å². The second-order valence-corrected chi connectivity index (χ2v) is 7.14. The van der Waals surface area contributed by atoms with Gasteiger partial charge in [0.2, 0.25) is 0 Å². The van der Waals surface area contributed by atoms with Gasteiger partial charge >= 0.3 is 6.09 Å². The molecule has 1 aromatic carbocycles. The van der Waals surface area contributed by atoms with Gasteiger partial charge < -0.3 is 15.0 Å². The van der Waals surface area contributed by atoms with E-state index in [1.54, 1.807) is 30.6 Å². The fraction of sp³-hybridized carbons (Fsp3) is 0.450. The Morgan fingerprint density at radius 2 is 2.04 bits per heavy atom. The molecule has 0 unspecified atom stereocenters. The molecule has 0 atom stereocenters. The molecule has 6 nitrogen and oxygen atoms in total. The number of aromatic nitrogens is 2. The van der Waals surface area contributed by atoms with Gasteiger partial charge in [-0.15, -0.1) is 0 Å². The highest BCUT2D eigenvalue weighted by molar-refractivity contribution is 5.67. The van der Waals surface area contributed by atoms with Crippen LogP contribution in [-0.4, -0.2) is 41.8 Å². The number of halogens is 1. The largest absolute Gasteiger partial charge is 0.449 e. The second kappa shape index (κ2) is 8.79. The van der Waals surface area contributed by atoms with E-state index in [2.05, 4.69) is 20.2 Å². The lowest BCUT2D eigenvalue weighted by Gasteiger charge is -2.32. The minimum Gasteiger partial charge on any atom is -0.449 e. The average Bonchev–Trinajstić information content (AvgIpc) is 2.67. The zero-order valence-electron chi connectivity index (χ0n) is 15.7. The summed E-state index contributed by atoms with van der Waals surface area (Å²) in [4.78, 5) is 22.7. The molecule has 1 aromatic heterocycles. The number of carbonyl (C=O) groups excluding carboxylic acids is 1. The third-order valence-corrected chi connectivity index (χ3v) is 4.46. The molecular weight excluding hydrogens is 347 g/mol. The number of anilines is 1. The summed E-state index contributed by atoms with van der Waals surface area (Å²) in [6.45, 7) is 5.91. The maximum absolute atomic E-state index is 14.0. The van der Waals surface area contributed by atoms with Crippen LogP contribution in [0.2, 0.25) is 0 Å². The number of hydrogen-bond donors (Lipinski definition) is 1. The first kappa shape index (κ1) is 19.1. The van der Waals surface area contributed by atoms with Crippen LogP contribution in [0.5, 0.6) is 0 Å². The Labute approximate surface area is 158 Å². The maximum atomic E-state index is 14.0. The molecule has 1 aliphatic heterocycles. The fourth-order valence-electron chi connectivity index (χ4n) is 3.01. The van der Waals surface area contributed by atoms with Crippen molar-refractivity contribution in [3.63, 3.8) is 0 Å². The molecule has 1 amide bonds. The van der Waals surface area contributed by atoms with E-state index in [0.717, 1.165) is 31.7 Å². The van der Waals surface area contributed by atoms with Crippen LogP contribution in [0, 0.1) is 11.7 Å². The predicted molar refractivity (Wildman–Crippen MR) is 102 cm³/mol. The van der Waals surface area contributed by atoms with Crippen molar-refractivity contribution in [1.82, 2.24) is 15.3 Å². The molecule has 144 valence electrons. The van der Waals surface area contributed by atoms with E-state index < -0.39 is 0 Å². The molecule has 1 aliphatic rings. The lowest BCUT2D eigenvalue weighted by Crippen LogP contribution is -2.45. The topological polar surface area (TPSA) is 67.3 Å². The van der Waals surface area contributed by atoms with Crippen LogP contribution < -0.4 is 10.2 Å². The van der Waals surface area contributed by atoms with Crippen LogP contribution >= 0.6 is 0 Å². The van der Waals surface area contributed by atoms with Gasteiger partial charge in [-0.1, -0.05) is 26.0 Å². The predicted octanol–water partition coefficient (Wildman–Crippen LogP) is 3.63. The van der Waals surface area contributed by atoms with Crippen molar-refractivity contribution in [1.29, 1.82) is 0 Å². The molecular formula is C20H25FN4O2. The number of nitrogens with zero attached hydrogens (tertiary/aromatic N) is 3. The van der Waals surface area contributed by atoms with Crippen molar-refractivity contribution in [3.8, 4) is 11.3 Å². The van der Waals surface area contributed by atoms with Gasteiger partial charge in [0.15, 0.2) is 0 Å². The van der Waals surface area contributed by atoms with E-state index in [-0.39, 0.29) is 18.0 Å². The Morgan fingerprint density at radius 3 is 2.74 bits per heavy atom. The summed E-state index contributed by atoms with van der Waals surface area (Å²) < 4.78 is 19.2. The highest BCUT2D eigenvalue weighted by atomic mass is 19.1. The summed E-state index contributed by atoms with van der Waals surface area (Å²) >= 11 is 0. The van der Waals surface area contributed by atoms with E-state index >= 15 is 0 Å². The van der Waals surface area contributed by atoms with Gasteiger partial charge in [0, 0.05) is 24.7 Å². The molecule has 0 bridgehead atoms. The summed E-state index contributed by atoms with van der Waals surface area (Å²) in [7, 11) is 0. The molecule has 1 N–H and O–H groups in total. The van der Waals surface area contributed by atoms with Gasteiger partial charge in [0.05, 0.1) is 24.7 Å². The summed E-state index contributed by atoms with van der Waals surface area (Å²) in [5.74, 6) is 0.723. The number of hydrogen-bond acceptors (Lipinski definition) is 5. The van der Waals surface area contributed by atoms with Gasteiger partial charge in [-0.05, 0) is 30.9 Å². The van der Waals surface area contributed by atoms with Gasteiger partial charge in [0.25, 0.3) is 0 Å². The Balaban J connectivity index is 1.58. The van der Waals surface area contributed by atoms with Crippen LogP contribution in [0.4, 0.5) is 15.0 Å². The zero-order chi connectivity index (χ0) is 19.2. The lowest BCUT2D eigenvalue weighted by atomic mass is 10.1. The number of carbonyl (C=O) groups is 1. The normalized spacial score (nSPS) is 15.0. The van der Waals surface area contributed by atoms with Crippen LogP contribution in [-0.2, 0) is 4.74 Å². The van der Waals surface area contributed by atoms with E-state index in [9.17, 15) is 9.18 Å². The molecule has 2 aromatic rings. The Bertz CT molecular complexity index is 776. The van der Waals surface area contributed by atoms with Gasteiger partial charge in [-0.2, -0.15) is 0 Å². The first-order chi connectivity index (χ1) is 13.0. The smallest absolute Gasteiger partial charge is 0.407 e. The van der Waals surface area contributed by atoms with E-state index in [1.165, 1.54) is 6.07 Å². The molecule has 0 saturated carbocycles. The third-order valence-electron chi connectivity index (χ3n) is 4.46. The number of ether oxygens (including phenoxy) is 1. The van der Waals surface area contributed by atoms with Crippen molar-refractivity contribution < 1.29 is 13.9 Å². The summed E-state index contributed by atoms with van der Waals surface area (Å²) in [5, 5.41) is 2.92. The second-order valence-electron chi connectivity index (χ2n) is 7.14. The monoisotopic (exact) mass is 372 g/mol. The van der Waals surface area contributed by atoms with Gasteiger partial charge in [0.1, 0.15) is 11.6 Å². The van der Waals surface area contributed by atoms with Crippen molar-refractivity contribution >= 4 is 11.9 Å². The van der Waals surface area contributed by atoms with E-state index in [0.29, 0.717) is 23.8 Å². The number of nitrogens with one attached hydrogen (secondary N) is 1. The number of piperidine rings is 1. The molecule has 1 fully saturated rings. The fourth-order valence-corrected chi connectivity index (χ4v) is 3.01. The number of alkyl carbamates (subject to hydrolysis) is 1. The highest BCUT2D eigenvalue weighted by Gasteiger charge is 2.22. The quantitative estimate of drug-likeness (QED) is 0.868. The summed E-state index contributed by atoms with van der Waals surface area (Å²) in [6, 6.07) is 6.63. The minimum absolute atomic E-state index is 0.0867. The molecule has 1 saturated heterocycles. The summed E-state index contributed by atoms with van der Waals surface area (Å²) in [6.07, 6.45) is 4.49. The van der Waals surface area contributed by atoms with Crippen LogP contribution in [0.25, 0.3) is 11.3 Å². The van der Waals surface area contributed by atoms with Crippen LogP contribution in [0.1, 0.15) is 26.7 Å². The van der Waals surface area contributed by atoms with Crippen LogP contribution in [0.3, 0.4) is 0 Å². The Kier molecular flexibility index (Phi) is 6.21. The molecule has 27 heavy (non-hydrogen) atoms. The lowest BCUT2D eigenvalue weighted by molar-refractivity contribution is 0.128.